The zero-order valence-corrected chi connectivity index (χ0v) is 8.41. The average molecular weight is 224 g/mol. The van der Waals surface area contributed by atoms with Crippen LogP contribution in [0.15, 0.2) is 30.1 Å². The number of rotatable bonds is 4. The predicted octanol–water partition coefficient (Wildman–Crippen LogP) is 1.89. The van der Waals surface area contributed by atoms with E-state index in [1.165, 1.54) is 12.1 Å². The molecule has 0 amide bonds. The first-order valence-electron chi connectivity index (χ1n) is 4.52. The van der Waals surface area contributed by atoms with E-state index in [4.69, 9.17) is 15.7 Å². The van der Waals surface area contributed by atoms with Crippen LogP contribution in [0.5, 0.6) is 5.75 Å². The van der Waals surface area contributed by atoms with Gasteiger partial charge >= 0.3 is 0 Å². The third kappa shape index (κ3) is 2.78. The summed E-state index contributed by atoms with van der Waals surface area (Å²) in [6, 6.07) is 5.77. The lowest BCUT2D eigenvalue weighted by atomic mass is 10.2. The Bertz CT molecular complexity index is 438. The third-order valence-electron chi connectivity index (χ3n) is 1.91. The van der Waals surface area contributed by atoms with E-state index < -0.39 is 5.82 Å². The van der Waals surface area contributed by atoms with Gasteiger partial charge in [-0.25, -0.2) is 8.78 Å². The molecule has 0 fully saturated rings. The second-order valence-electron chi connectivity index (χ2n) is 2.99. The molecule has 1 aromatic carbocycles. The Morgan fingerprint density at radius 2 is 2.31 bits per heavy atom. The van der Waals surface area contributed by atoms with Gasteiger partial charge in [-0.15, -0.1) is 0 Å². The Kier molecular flexibility index (Phi) is 4.42. The van der Waals surface area contributed by atoms with Crippen molar-refractivity contribution < 1.29 is 13.5 Å². The number of nitriles is 1. The van der Waals surface area contributed by atoms with Crippen molar-refractivity contribution in [3.05, 3.63) is 41.5 Å². The summed E-state index contributed by atoms with van der Waals surface area (Å²) >= 11 is 0. The van der Waals surface area contributed by atoms with E-state index in [9.17, 15) is 8.78 Å². The highest BCUT2D eigenvalue weighted by atomic mass is 19.1. The van der Waals surface area contributed by atoms with Crippen molar-refractivity contribution in [3.8, 4) is 11.8 Å². The monoisotopic (exact) mass is 224 g/mol. The van der Waals surface area contributed by atoms with Crippen molar-refractivity contribution >= 4 is 0 Å². The van der Waals surface area contributed by atoms with Gasteiger partial charge < -0.3 is 10.5 Å². The summed E-state index contributed by atoms with van der Waals surface area (Å²) in [7, 11) is 0. The number of nitrogens with zero attached hydrogens (tertiary/aromatic N) is 1. The molecule has 0 spiro atoms. The van der Waals surface area contributed by atoms with E-state index in [-0.39, 0.29) is 30.0 Å². The zero-order chi connectivity index (χ0) is 12.0. The molecule has 16 heavy (non-hydrogen) atoms. The van der Waals surface area contributed by atoms with Gasteiger partial charge in [-0.3, -0.25) is 0 Å². The molecular formula is C11H10F2N2O. The number of ether oxygens (including phenoxy) is 1. The number of para-hydroxylation sites is 1. The molecule has 2 N–H and O–H groups in total. The van der Waals surface area contributed by atoms with Crippen LogP contribution in [0.4, 0.5) is 8.78 Å². The first-order valence-corrected chi connectivity index (χ1v) is 4.52. The van der Waals surface area contributed by atoms with Crippen LogP contribution in [-0.2, 0) is 0 Å². The Labute approximate surface area is 91.7 Å². The second-order valence-corrected chi connectivity index (χ2v) is 2.99. The van der Waals surface area contributed by atoms with Crippen LogP contribution in [0.2, 0.25) is 0 Å². The lowest BCUT2D eigenvalue weighted by Crippen LogP contribution is -2.11. The molecule has 0 aliphatic carbocycles. The summed E-state index contributed by atoms with van der Waals surface area (Å²) in [5.74, 6) is -0.841. The molecule has 3 nitrogen and oxygen atoms in total. The molecule has 5 heteroatoms. The Morgan fingerprint density at radius 1 is 1.56 bits per heavy atom. The van der Waals surface area contributed by atoms with E-state index in [1.807, 2.05) is 0 Å². The molecule has 1 rings (SSSR count). The van der Waals surface area contributed by atoms with Crippen molar-refractivity contribution in [2.45, 2.75) is 0 Å². The lowest BCUT2D eigenvalue weighted by molar-refractivity contribution is 0.327. The summed E-state index contributed by atoms with van der Waals surface area (Å²) < 4.78 is 30.5. The summed E-state index contributed by atoms with van der Waals surface area (Å²) in [6.45, 7) is -0.199. The van der Waals surface area contributed by atoms with Crippen molar-refractivity contribution in [2.75, 3.05) is 13.2 Å². The van der Waals surface area contributed by atoms with E-state index >= 15 is 0 Å². The lowest BCUT2D eigenvalue weighted by Gasteiger charge is -2.09. The topological polar surface area (TPSA) is 59.0 Å². The molecule has 84 valence electrons. The minimum absolute atomic E-state index is 0.0210. The third-order valence-corrected chi connectivity index (χ3v) is 1.91. The predicted molar refractivity (Wildman–Crippen MR) is 54.9 cm³/mol. The normalized spacial score (nSPS) is 11.0. The molecule has 0 unspecified atom stereocenters. The average Bonchev–Trinajstić information content (AvgIpc) is 2.31. The Balaban J connectivity index is 2.85. The van der Waals surface area contributed by atoms with Gasteiger partial charge in [0.1, 0.15) is 12.7 Å². The van der Waals surface area contributed by atoms with Crippen molar-refractivity contribution in [1.82, 2.24) is 0 Å². The smallest absolute Gasteiger partial charge is 0.173 e. The van der Waals surface area contributed by atoms with Crippen molar-refractivity contribution in [3.63, 3.8) is 0 Å². The van der Waals surface area contributed by atoms with Crippen LogP contribution in [0.25, 0.3) is 0 Å². The van der Waals surface area contributed by atoms with Crippen LogP contribution in [0, 0.1) is 17.1 Å². The fourth-order valence-corrected chi connectivity index (χ4v) is 1.04. The summed E-state index contributed by atoms with van der Waals surface area (Å²) in [4.78, 5) is 0. The molecule has 0 aliphatic heterocycles. The first-order chi connectivity index (χ1) is 7.72. The Morgan fingerprint density at radius 3 is 2.88 bits per heavy atom. The minimum Gasteiger partial charge on any atom is -0.485 e. The van der Waals surface area contributed by atoms with E-state index in [2.05, 4.69) is 0 Å². The maximum atomic E-state index is 13.3. The fraction of sp³-hybridized carbons (Fsp3) is 0.182. The van der Waals surface area contributed by atoms with Gasteiger partial charge in [-0.05, 0) is 12.1 Å². The van der Waals surface area contributed by atoms with E-state index in [1.54, 1.807) is 6.07 Å². The number of benzene rings is 1. The highest BCUT2D eigenvalue weighted by Gasteiger charge is 2.09. The van der Waals surface area contributed by atoms with Crippen LogP contribution in [0.1, 0.15) is 5.56 Å². The van der Waals surface area contributed by atoms with E-state index in [0.717, 1.165) is 6.07 Å². The Hall–Kier alpha value is -1.93. The van der Waals surface area contributed by atoms with Gasteiger partial charge in [0.25, 0.3) is 0 Å². The fourth-order valence-electron chi connectivity index (χ4n) is 1.04. The molecule has 0 aliphatic rings. The quantitative estimate of drug-likeness (QED) is 0.849. The van der Waals surface area contributed by atoms with Crippen molar-refractivity contribution in [1.29, 1.82) is 5.26 Å². The maximum absolute atomic E-state index is 13.3. The molecule has 0 bridgehead atoms. The van der Waals surface area contributed by atoms with Gasteiger partial charge in [0.2, 0.25) is 0 Å². The first kappa shape index (κ1) is 12.1. The molecule has 0 saturated heterocycles. The molecule has 1 aromatic rings. The standard InChI is InChI=1S/C11H10F2N2O/c12-4-8(5-14)7-16-11-9(6-15)2-1-3-10(11)13/h1-4H,5,7,14H2. The van der Waals surface area contributed by atoms with Gasteiger partial charge in [0.15, 0.2) is 11.6 Å². The molecule has 0 atom stereocenters. The number of hydrogen-bond acceptors (Lipinski definition) is 3. The maximum Gasteiger partial charge on any atom is 0.173 e. The molecule has 0 aromatic heterocycles. The largest absolute Gasteiger partial charge is 0.485 e. The van der Waals surface area contributed by atoms with Crippen LogP contribution in [0.3, 0.4) is 0 Å². The van der Waals surface area contributed by atoms with Crippen molar-refractivity contribution in [2.24, 2.45) is 5.73 Å². The summed E-state index contributed by atoms with van der Waals surface area (Å²) in [6.07, 6.45) is 0.312. The SMILES string of the molecule is N#Cc1cccc(F)c1OCC(=CF)CN. The van der Waals surface area contributed by atoms with Crippen LogP contribution >= 0.6 is 0 Å². The minimum atomic E-state index is -0.658. The van der Waals surface area contributed by atoms with Gasteiger partial charge in [0.05, 0.1) is 11.9 Å². The van der Waals surface area contributed by atoms with E-state index in [0.29, 0.717) is 6.33 Å². The molecule has 0 heterocycles. The number of halogens is 2. The van der Waals surface area contributed by atoms with Crippen LogP contribution < -0.4 is 10.5 Å². The number of nitrogens with two attached hydrogens (primary N) is 1. The molecule has 0 radical (unpaired) electrons. The zero-order valence-electron chi connectivity index (χ0n) is 8.41. The van der Waals surface area contributed by atoms with Gasteiger partial charge in [0, 0.05) is 12.1 Å². The summed E-state index contributed by atoms with van der Waals surface area (Å²) in [5, 5.41) is 8.71. The highest BCUT2D eigenvalue weighted by molar-refractivity contribution is 5.43. The second kappa shape index (κ2) is 5.83. The highest BCUT2D eigenvalue weighted by Crippen LogP contribution is 2.22. The number of hydrogen-bond donors (Lipinski definition) is 1. The summed E-state index contributed by atoms with van der Waals surface area (Å²) in [5.41, 5.74) is 5.46. The molecular weight excluding hydrogens is 214 g/mol. The van der Waals surface area contributed by atoms with Crippen LogP contribution in [-0.4, -0.2) is 13.2 Å². The van der Waals surface area contributed by atoms with Gasteiger partial charge in [-0.2, -0.15) is 5.26 Å². The van der Waals surface area contributed by atoms with Gasteiger partial charge in [-0.1, -0.05) is 6.07 Å². The molecule has 0 saturated carbocycles.